The van der Waals surface area contributed by atoms with Crippen molar-refractivity contribution in [1.29, 1.82) is 0 Å². The van der Waals surface area contributed by atoms with E-state index < -0.39 is 5.97 Å². The fraction of sp³-hybridized carbons (Fsp3) is 0.182. The highest BCUT2D eigenvalue weighted by molar-refractivity contribution is 5.90. The smallest absolute Gasteiger partial charge is 0.328 e. The molecule has 1 aromatic rings. The van der Waals surface area contributed by atoms with Crippen molar-refractivity contribution >= 4 is 11.5 Å². The van der Waals surface area contributed by atoms with Crippen LogP contribution >= 0.6 is 0 Å². The molecule has 0 saturated carbocycles. The van der Waals surface area contributed by atoms with Gasteiger partial charge in [0.2, 0.25) is 0 Å². The van der Waals surface area contributed by atoms with Crippen molar-refractivity contribution in [3.8, 4) is 11.5 Å². The Morgan fingerprint density at radius 2 is 2.13 bits per heavy atom. The molecule has 2 N–H and O–H groups in total. The molecular weight excluding hydrogens is 196 g/mol. The van der Waals surface area contributed by atoms with E-state index in [-0.39, 0.29) is 5.75 Å². The molecule has 0 aromatic heterocycles. The van der Waals surface area contributed by atoms with E-state index in [4.69, 9.17) is 9.84 Å². The molecule has 0 radical (unpaired) electrons. The second kappa shape index (κ2) is 4.50. The van der Waals surface area contributed by atoms with E-state index in [0.717, 1.165) is 6.08 Å². The van der Waals surface area contributed by atoms with Gasteiger partial charge in [-0.2, -0.15) is 0 Å². The average molecular weight is 208 g/mol. The molecule has 0 amide bonds. The van der Waals surface area contributed by atoms with Crippen LogP contribution in [0.1, 0.15) is 12.5 Å². The number of carboxylic acids is 1. The average Bonchev–Trinajstić information content (AvgIpc) is 2.17. The first-order chi connectivity index (χ1) is 7.06. The Bertz CT molecular complexity index is 407. The first kappa shape index (κ1) is 11.1. The highest BCUT2D eigenvalue weighted by atomic mass is 16.5. The molecule has 0 fully saturated rings. The van der Waals surface area contributed by atoms with Crippen molar-refractivity contribution in [2.75, 3.05) is 7.11 Å². The fourth-order valence-corrected chi connectivity index (χ4v) is 1.27. The maximum absolute atomic E-state index is 10.5. The Labute approximate surface area is 87.4 Å². The SMILES string of the molecule is COc1cccc(/C(C)=C/C(=O)O)c1O. The Balaban J connectivity index is 3.20. The van der Waals surface area contributed by atoms with Crippen LogP contribution in [0.5, 0.6) is 11.5 Å². The second-order valence-electron chi connectivity index (χ2n) is 3.02. The van der Waals surface area contributed by atoms with Crippen LogP contribution in [0, 0.1) is 0 Å². The fourth-order valence-electron chi connectivity index (χ4n) is 1.27. The number of para-hydroxylation sites is 1. The van der Waals surface area contributed by atoms with Gasteiger partial charge < -0.3 is 14.9 Å². The highest BCUT2D eigenvalue weighted by Gasteiger charge is 2.09. The van der Waals surface area contributed by atoms with Gasteiger partial charge in [0.05, 0.1) is 7.11 Å². The van der Waals surface area contributed by atoms with Crippen LogP contribution in [0.2, 0.25) is 0 Å². The van der Waals surface area contributed by atoms with Crippen molar-refractivity contribution in [3.05, 3.63) is 29.8 Å². The summed E-state index contributed by atoms with van der Waals surface area (Å²) in [6.07, 6.45) is 1.04. The van der Waals surface area contributed by atoms with E-state index in [1.807, 2.05) is 0 Å². The Hall–Kier alpha value is -1.97. The number of methoxy groups -OCH3 is 1. The minimum Gasteiger partial charge on any atom is -0.504 e. The van der Waals surface area contributed by atoms with Crippen molar-refractivity contribution < 1.29 is 19.7 Å². The quantitative estimate of drug-likeness (QED) is 0.744. The van der Waals surface area contributed by atoms with Crippen molar-refractivity contribution in [2.45, 2.75) is 6.92 Å². The predicted molar refractivity (Wildman–Crippen MR) is 55.9 cm³/mol. The lowest BCUT2D eigenvalue weighted by Gasteiger charge is -2.08. The van der Waals surface area contributed by atoms with Gasteiger partial charge in [-0.1, -0.05) is 12.1 Å². The number of rotatable bonds is 3. The number of phenolic OH excluding ortho intramolecular Hbond substituents is 1. The van der Waals surface area contributed by atoms with Crippen LogP contribution < -0.4 is 4.74 Å². The van der Waals surface area contributed by atoms with Crippen LogP contribution in [0.15, 0.2) is 24.3 Å². The first-order valence-corrected chi connectivity index (χ1v) is 4.34. The summed E-state index contributed by atoms with van der Waals surface area (Å²) in [4.78, 5) is 10.5. The topological polar surface area (TPSA) is 66.8 Å². The van der Waals surface area contributed by atoms with Crippen LogP contribution in [0.4, 0.5) is 0 Å². The molecule has 0 saturated heterocycles. The number of aliphatic carboxylic acids is 1. The molecule has 1 aromatic carbocycles. The maximum atomic E-state index is 10.5. The zero-order chi connectivity index (χ0) is 11.4. The monoisotopic (exact) mass is 208 g/mol. The molecule has 4 heteroatoms. The second-order valence-corrected chi connectivity index (χ2v) is 3.02. The molecule has 4 nitrogen and oxygen atoms in total. The largest absolute Gasteiger partial charge is 0.504 e. The van der Waals surface area contributed by atoms with Crippen molar-refractivity contribution in [2.24, 2.45) is 0 Å². The predicted octanol–water partition coefficient (Wildman–Crippen LogP) is 1.89. The van der Waals surface area contributed by atoms with Gasteiger partial charge in [-0.15, -0.1) is 0 Å². The summed E-state index contributed by atoms with van der Waals surface area (Å²) in [7, 11) is 1.44. The molecule has 80 valence electrons. The number of carbonyl (C=O) groups is 1. The minimum absolute atomic E-state index is 0.0463. The van der Waals surface area contributed by atoms with Gasteiger partial charge in [0, 0.05) is 11.6 Å². The molecular formula is C11H12O4. The molecule has 0 aliphatic heterocycles. The Morgan fingerprint density at radius 3 is 2.67 bits per heavy atom. The lowest BCUT2D eigenvalue weighted by Crippen LogP contribution is -1.92. The van der Waals surface area contributed by atoms with E-state index in [1.165, 1.54) is 7.11 Å². The summed E-state index contributed by atoms with van der Waals surface area (Å²) in [5.41, 5.74) is 0.927. The third kappa shape index (κ3) is 2.49. The van der Waals surface area contributed by atoms with Gasteiger partial charge in [-0.05, 0) is 18.6 Å². The summed E-state index contributed by atoms with van der Waals surface area (Å²) in [5.74, 6) is -0.768. The zero-order valence-corrected chi connectivity index (χ0v) is 8.52. The van der Waals surface area contributed by atoms with E-state index in [1.54, 1.807) is 25.1 Å². The molecule has 0 aliphatic carbocycles. The first-order valence-electron chi connectivity index (χ1n) is 4.34. The number of aromatic hydroxyl groups is 1. The Kier molecular flexibility index (Phi) is 3.33. The summed E-state index contributed by atoms with van der Waals surface area (Å²) in [6, 6.07) is 4.92. The number of benzene rings is 1. The molecule has 0 unspecified atom stereocenters. The molecule has 1 rings (SSSR count). The van der Waals surface area contributed by atoms with Gasteiger partial charge in [0.15, 0.2) is 11.5 Å². The van der Waals surface area contributed by atoms with E-state index >= 15 is 0 Å². The standard InChI is InChI=1S/C11H12O4/c1-7(6-10(12)13)8-4-3-5-9(15-2)11(8)14/h3-6,14H,1-2H3,(H,12,13)/b7-6+. The lowest BCUT2D eigenvalue weighted by atomic mass is 10.1. The molecule has 0 heterocycles. The van der Waals surface area contributed by atoms with Crippen molar-refractivity contribution in [3.63, 3.8) is 0 Å². The van der Waals surface area contributed by atoms with E-state index in [0.29, 0.717) is 16.9 Å². The molecule has 0 atom stereocenters. The number of phenols is 1. The zero-order valence-electron chi connectivity index (χ0n) is 8.52. The van der Waals surface area contributed by atoms with Gasteiger partial charge in [0.25, 0.3) is 0 Å². The molecule has 15 heavy (non-hydrogen) atoms. The summed E-state index contributed by atoms with van der Waals surface area (Å²) in [6.45, 7) is 1.61. The van der Waals surface area contributed by atoms with E-state index in [2.05, 4.69) is 0 Å². The van der Waals surface area contributed by atoms with Crippen LogP contribution in [0.3, 0.4) is 0 Å². The minimum atomic E-state index is -1.05. The maximum Gasteiger partial charge on any atom is 0.328 e. The number of hydrogen-bond acceptors (Lipinski definition) is 3. The van der Waals surface area contributed by atoms with Gasteiger partial charge >= 0.3 is 5.97 Å². The number of hydrogen-bond donors (Lipinski definition) is 2. The third-order valence-electron chi connectivity index (χ3n) is 1.98. The molecule has 0 bridgehead atoms. The number of ether oxygens (including phenoxy) is 1. The summed E-state index contributed by atoms with van der Waals surface area (Å²) >= 11 is 0. The summed E-state index contributed by atoms with van der Waals surface area (Å²) < 4.78 is 4.92. The summed E-state index contributed by atoms with van der Waals surface area (Å²) in [5, 5.41) is 18.3. The van der Waals surface area contributed by atoms with Gasteiger partial charge in [-0.25, -0.2) is 4.79 Å². The number of carboxylic acid groups (broad SMARTS) is 1. The van der Waals surface area contributed by atoms with Crippen molar-refractivity contribution in [1.82, 2.24) is 0 Å². The lowest BCUT2D eigenvalue weighted by molar-refractivity contribution is -0.131. The van der Waals surface area contributed by atoms with Crippen LogP contribution in [0.25, 0.3) is 5.57 Å². The van der Waals surface area contributed by atoms with E-state index in [9.17, 15) is 9.90 Å². The van der Waals surface area contributed by atoms with Gasteiger partial charge in [0.1, 0.15) is 0 Å². The molecule has 0 aliphatic rings. The van der Waals surface area contributed by atoms with Crippen LogP contribution in [-0.2, 0) is 4.79 Å². The van der Waals surface area contributed by atoms with Gasteiger partial charge in [-0.3, -0.25) is 0 Å². The van der Waals surface area contributed by atoms with Crippen LogP contribution in [-0.4, -0.2) is 23.3 Å². The third-order valence-corrected chi connectivity index (χ3v) is 1.98. The Morgan fingerprint density at radius 1 is 1.47 bits per heavy atom. The highest BCUT2D eigenvalue weighted by Crippen LogP contribution is 2.33. The number of allylic oxidation sites excluding steroid dienone is 1. The molecule has 0 spiro atoms. The normalized spacial score (nSPS) is 11.2.